The van der Waals surface area contributed by atoms with Crippen molar-refractivity contribution < 1.29 is 4.39 Å². The minimum Gasteiger partial charge on any atom is -0.355 e. The topological polar surface area (TPSA) is 48.4 Å². The largest absolute Gasteiger partial charge is 0.355 e. The van der Waals surface area contributed by atoms with Crippen LogP contribution < -0.4 is 9.80 Å². The minimum atomic E-state index is -0.421. The number of halogens is 2. The number of hydrogen-bond acceptors (Lipinski definition) is 6. The van der Waals surface area contributed by atoms with Crippen molar-refractivity contribution in [2.75, 3.05) is 50.1 Å². The van der Waals surface area contributed by atoms with Gasteiger partial charge in [0.2, 0.25) is 5.95 Å². The molecule has 2 bridgehead atoms. The lowest BCUT2D eigenvalue weighted by Gasteiger charge is -2.52. The maximum Gasteiger partial charge on any atom is 0.228 e. The first-order chi connectivity index (χ1) is 18.3. The summed E-state index contributed by atoms with van der Waals surface area (Å²) in [6.07, 6.45) is 5.59. The highest BCUT2D eigenvalue weighted by molar-refractivity contribution is 6.36. The molecule has 4 heterocycles. The quantitative estimate of drug-likeness (QED) is 0.322. The van der Waals surface area contributed by atoms with Crippen LogP contribution in [-0.2, 0) is 0 Å². The number of nitrogens with zero attached hydrogens (tertiary/aromatic N) is 6. The average Bonchev–Trinajstić information content (AvgIpc) is 3.23. The van der Waals surface area contributed by atoms with E-state index in [2.05, 4.69) is 40.7 Å². The van der Waals surface area contributed by atoms with Crippen LogP contribution in [0.25, 0.3) is 32.9 Å². The third kappa shape index (κ3) is 3.74. The Morgan fingerprint density at radius 3 is 2.42 bits per heavy atom. The van der Waals surface area contributed by atoms with Crippen LogP contribution in [0, 0.1) is 17.7 Å². The van der Waals surface area contributed by atoms with Crippen LogP contribution in [0.3, 0.4) is 0 Å². The second-order valence-corrected chi connectivity index (χ2v) is 12.3. The molecule has 2 unspecified atom stereocenters. The summed E-state index contributed by atoms with van der Waals surface area (Å²) in [5.74, 6) is 2.35. The van der Waals surface area contributed by atoms with Gasteiger partial charge in [0, 0.05) is 48.3 Å². The van der Waals surface area contributed by atoms with Crippen molar-refractivity contribution in [3.05, 3.63) is 53.4 Å². The highest BCUT2D eigenvalue weighted by Crippen LogP contribution is 2.42. The Balaban J connectivity index is 1.40. The van der Waals surface area contributed by atoms with Gasteiger partial charge in [-0.25, -0.2) is 9.37 Å². The first kappa shape index (κ1) is 24.0. The van der Waals surface area contributed by atoms with Crippen LogP contribution in [-0.4, -0.2) is 65.7 Å². The summed E-state index contributed by atoms with van der Waals surface area (Å²) in [5.41, 5.74) is 1.32. The third-order valence-corrected chi connectivity index (χ3v) is 9.41. The number of likely N-dealkylation sites (N-methyl/N-ethyl adjacent to an activating group) is 1. The lowest BCUT2D eigenvalue weighted by Crippen LogP contribution is -2.67. The van der Waals surface area contributed by atoms with Gasteiger partial charge in [0.05, 0.1) is 10.9 Å². The van der Waals surface area contributed by atoms with Crippen LogP contribution in [0.5, 0.6) is 0 Å². The van der Waals surface area contributed by atoms with Gasteiger partial charge in [-0.15, -0.1) is 0 Å². The van der Waals surface area contributed by atoms with E-state index in [9.17, 15) is 0 Å². The average molecular weight is 531 g/mol. The van der Waals surface area contributed by atoms with E-state index in [-0.39, 0.29) is 11.2 Å². The molecule has 8 heteroatoms. The third-order valence-electron chi connectivity index (χ3n) is 9.09. The fraction of sp³-hybridized carbons (Fsp3) is 0.433. The summed E-state index contributed by atoms with van der Waals surface area (Å²) < 4.78 is 16.5. The smallest absolute Gasteiger partial charge is 0.228 e. The Morgan fingerprint density at radius 2 is 1.71 bits per heavy atom. The van der Waals surface area contributed by atoms with E-state index in [0.717, 1.165) is 42.8 Å². The first-order valence-electron chi connectivity index (χ1n) is 13.5. The second-order valence-electron chi connectivity index (χ2n) is 11.9. The fourth-order valence-electron chi connectivity index (χ4n) is 6.67. The van der Waals surface area contributed by atoms with E-state index in [1.165, 1.54) is 19.3 Å². The van der Waals surface area contributed by atoms with E-state index in [0.29, 0.717) is 39.3 Å². The fourth-order valence-corrected chi connectivity index (χ4v) is 6.96. The minimum absolute atomic E-state index is 0.0460. The molecule has 1 saturated carbocycles. The SMILES string of the molecule is CN(C)C1(C)CN(c2nc(N3CC4CCC(C4)C3)c3cnc(-c4cccc5cccc(Cl)c45)c(F)c3n2)C1. The van der Waals surface area contributed by atoms with Crippen molar-refractivity contribution in [3.8, 4) is 11.3 Å². The van der Waals surface area contributed by atoms with Gasteiger partial charge in [-0.1, -0.05) is 41.9 Å². The number of anilines is 2. The van der Waals surface area contributed by atoms with Crippen molar-refractivity contribution in [2.24, 2.45) is 11.8 Å². The van der Waals surface area contributed by atoms with Gasteiger partial charge in [-0.2, -0.15) is 4.98 Å². The summed E-state index contributed by atoms with van der Waals surface area (Å²) in [5, 5.41) is 3.01. The number of aromatic nitrogens is 3. The van der Waals surface area contributed by atoms with Crippen LogP contribution in [0.1, 0.15) is 26.2 Å². The van der Waals surface area contributed by atoms with Gasteiger partial charge in [0.25, 0.3) is 0 Å². The summed E-state index contributed by atoms with van der Waals surface area (Å²) in [4.78, 5) is 21.3. The van der Waals surface area contributed by atoms with Crippen molar-refractivity contribution in [2.45, 2.75) is 31.7 Å². The molecule has 2 saturated heterocycles. The number of benzene rings is 2. The zero-order chi connectivity index (χ0) is 26.2. The highest BCUT2D eigenvalue weighted by Gasteiger charge is 2.42. The molecular formula is C30H32ClFN6. The van der Waals surface area contributed by atoms with E-state index >= 15 is 4.39 Å². The molecule has 2 aliphatic heterocycles. The molecule has 0 amide bonds. The van der Waals surface area contributed by atoms with Crippen LogP contribution in [0.2, 0.25) is 5.02 Å². The van der Waals surface area contributed by atoms with Crippen LogP contribution in [0.15, 0.2) is 42.6 Å². The number of piperidine rings is 1. The molecule has 4 aromatic rings. The normalized spacial score (nSPS) is 22.5. The number of pyridine rings is 1. The first-order valence-corrected chi connectivity index (χ1v) is 13.9. The predicted molar refractivity (Wildman–Crippen MR) is 153 cm³/mol. The molecule has 2 atom stereocenters. The number of fused-ring (bicyclic) bond motifs is 4. The van der Waals surface area contributed by atoms with Crippen molar-refractivity contribution in [3.63, 3.8) is 0 Å². The maximum atomic E-state index is 16.5. The number of rotatable bonds is 4. The number of hydrogen-bond donors (Lipinski definition) is 0. The lowest BCUT2D eigenvalue weighted by molar-refractivity contribution is 0.132. The molecule has 3 aliphatic rings. The van der Waals surface area contributed by atoms with E-state index in [1.54, 1.807) is 6.20 Å². The van der Waals surface area contributed by atoms with E-state index in [4.69, 9.17) is 21.6 Å². The molecular weight excluding hydrogens is 499 g/mol. The molecule has 38 heavy (non-hydrogen) atoms. The van der Waals surface area contributed by atoms with E-state index in [1.807, 2.05) is 36.4 Å². The van der Waals surface area contributed by atoms with Gasteiger partial charge >= 0.3 is 0 Å². The highest BCUT2D eigenvalue weighted by atomic mass is 35.5. The summed E-state index contributed by atoms with van der Waals surface area (Å²) >= 11 is 6.59. The van der Waals surface area contributed by atoms with Crippen LogP contribution >= 0.6 is 11.6 Å². The van der Waals surface area contributed by atoms with Crippen LogP contribution in [0.4, 0.5) is 16.2 Å². The molecule has 3 fully saturated rings. The van der Waals surface area contributed by atoms with Gasteiger partial charge in [-0.3, -0.25) is 4.98 Å². The van der Waals surface area contributed by atoms with E-state index < -0.39 is 5.82 Å². The summed E-state index contributed by atoms with van der Waals surface area (Å²) in [7, 11) is 4.20. The molecule has 6 nitrogen and oxygen atoms in total. The molecule has 0 spiro atoms. The van der Waals surface area contributed by atoms with Gasteiger partial charge in [0.15, 0.2) is 5.82 Å². The lowest BCUT2D eigenvalue weighted by atomic mass is 9.91. The Hall–Kier alpha value is -3.03. The monoisotopic (exact) mass is 530 g/mol. The zero-order valence-corrected chi connectivity index (χ0v) is 22.8. The Kier molecular flexibility index (Phi) is 5.53. The van der Waals surface area contributed by atoms with Gasteiger partial charge in [0.1, 0.15) is 17.0 Å². The molecule has 1 aliphatic carbocycles. The second kappa shape index (κ2) is 8.75. The Labute approximate surface area is 227 Å². The standard InChI is InChI=1S/C30H32ClFN6/c1-30(36(2)3)16-38(17-30)29-34-27-22(28(35-29)37-14-18-10-11-19(12-18)15-37)13-33-26(25(27)32)21-8-4-6-20-7-5-9-23(31)24(20)21/h4-9,13,18-19H,10-12,14-17H2,1-3H3. The molecule has 2 aromatic carbocycles. The molecule has 0 radical (unpaired) electrons. The maximum absolute atomic E-state index is 16.5. The Bertz CT molecular complexity index is 1550. The van der Waals surface area contributed by atoms with Crippen molar-refractivity contribution in [1.82, 2.24) is 19.9 Å². The Morgan fingerprint density at radius 1 is 1.00 bits per heavy atom. The van der Waals surface area contributed by atoms with Gasteiger partial charge < -0.3 is 14.7 Å². The summed E-state index contributed by atoms with van der Waals surface area (Å²) in [6, 6.07) is 11.5. The summed E-state index contributed by atoms with van der Waals surface area (Å²) in [6.45, 7) is 5.75. The molecule has 2 aromatic heterocycles. The van der Waals surface area contributed by atoms with Crippen molar-refractivity contribution in [1.29, 1.82) is 0 Å². The van der Waals surface area contributed by atoms with Gasteiger partial charge in [-0.05, 0) is 63.6 Å². The predicted octanol–water partition coefficient (Wildman–Crippen LogP) is 6.01. The zero-order valence-electron chi connectivity index (χ0n) is 22.1. The molecule has 7 rings (SSSR count). The molecule has 196 valence electrons. The molecule has 0 N–H and O–H groups in total. The van der Waals surface area contributed by atoms with Crippen molar-refractivity contribution >= 4 is 45.0 Å².